The van der Waals surface area contributed by atoms with Crippen LogP contribution < -0.4 is 5.32 Å². The zero-order valence-corrected chi connectivity index (χ0v) is 13.0. The van der Waals surface area contributed by atoms with E-state index >= 15 is 0 Å². The van der Waals surface area contributed by atoms with Gasteiger partial charge in [0.1, 0.15) is 5.01 Å². The molecule has 1 amide bonds. The van der Waals surface area contributed by atoms with Crippen LogP contribution in [0.1, 0.15) is 25.3 Å². The second-order valence-corrected chi connectivity index (χ2v) is 6.24. The number of thiazole rings is 1. The number of aromatic nitrogens is 1. The van der Waals surface area contributed by atoms with Gasteiger partial charge in [0.05, 0.1) is 23.3 Å². The number of fused-ring (bicyclic) bond motifs is 1. The molecule has 1 aromatic carbocycles. The third-order valence-electron chi connectivity index (χ3n) is 3.18. The number of benzene rings is 1. The van der Waals surface area contributed by atoms with Gasteiger partial charge in [-0.15, -0.1) is 11.3 Å². The second kappa shape index (κ2) is 6.81. The molecule has 0 radical (unpaired) electrons. The molecule has 0 bridgehead atoms. The normalized spacial score (nSPS) is 12.8. The Hall–Kier alpha value is -1.46. The van der Waals surface area contributed by atoms with Crippen LogP contribution in [0.25, 0.3) is 10.2 Å². The minimum Gasteiger partial charge on any atom is -0.353 e. The molecule has 0 saturated carbocycles. The zero-order chi connectivity index (χ0) is 14.5. The van der Waals surface area contributed by atoms with E-state index in [4.69, 9.17) is 0 Å². The van der Waals surface area contributed by atoms with Gasteiger partial charge >= 0.3 is 0 Å². The summed E-state index contributed by atoms with van der Waals surface area (Å²) < 4.78 is 1.19. The Morgan fingerprint density at radius 3 is 2.90 bits per heavy atom. The van der Waals surface area contributed by atoms with Crippen LogP contribution in [0.3, 0.4) is 0 Å². The fourth-order valence-electron chi connectivity index (χ4n) is 1.94. The smallest absolute Gasteiger partial charge is 0.234 e. The summed E-state index contributed by atoms with van der Waals surface area (Å²) >= 11 is 1.69. The molecule has 0 saturated heterocycles. The van der Waals surface area contributed by atoms with Gasteiger partial charge in [0.2, 0.25) is 5.91 Å². The highest BCUT2D eigenvalue weighted by Gasteiger charge is 2.11. The van der Waals surface area contributed by atoms with E-state index in [9.17, 15) is 4.79 Å². The maximum atomic E-state index is 11.8. The molecule has 1 aromatic heterocycles. The van der Waals surface area contributed by atoms with Gasteiger partial charge in [-0.25, -0.2) is 4.98 Å². The molecule has 2 aromatic rings. The minimum absolute atomic E-state index is 0.0722. The number of rotatable bonds is 6. The summed E-state index contributed by atoms with van der Waals surface area (Å²) in [6.45, 7) is 5.19. The summed E-state index contributed by atoms with van der Waals surface area (Å²) in [6, 6.07) is 8.35. The van der Waals surface area contributed by atoms with Crippen LogP contribution in [0.2, 0.25) is 0 Å². The average Bonchev–Trinajstić information content (AvgIpc) is 2.79. The number of likely N-dealkylation sites (N-methyl/N-ethyl adjacent to an activating group) is 1. The van der Waals surface area contributed by atoms with E-state index in [-0.39, 0.29) is 11.9 Å². The lowest BCUT2D eigenvalue weighted by Crippen LogP contribution is -2.39. The van der Waals surface area contributed by atoms with Crippen LogP contribution in [0.4, 0.5) is 0 Å². The number of carbonyl (C=O) groups is 1. The van der Waals surface area contributed by atoms with Gasteiger partial charge in [-0.05, 0) is 32.5 Å². The Morgan fingerprint density at radius 2 is 2.20 bits per heavy atom. The van der Waals surface area contributed by atoms with E-state index < -0.39 is 0 Å². The highest BCUT2D eigenvalue weighted by molar-refractivity contribution is 7.18. The Bertz CT molecular complexity index is 548. The first kappa shape index (κ1) is 14.9. The molecule has 108 valence electrons. The summed E-state index contributed by atoms with van der Waals surface area (Å²) in [6.07, 6.45) is 0.952. The molecule has 1 heterocycles. The summed E-state index contributed by atoms with van der Waals surface area (Å²) in [5, 5.41) is 4.02. The fraction of sp³-hybridized carbons (Fsp3) is 0.467. The molecule has 4 nitrogen and oxygen atoms in total. The van der Waals surface area contributed by atoms with Crippen molar-refractivity contribution < 1.29 is 4.79 Å². The first-order valence-corrected chi connectivity index (χ1v) is 7.72. The quantitative estimate of drug-likeness (QED) is 0.890. The Morgan fingerprint density at radius 1 is 1.45 bits per heavy atom. The highest BCUT2D eigenvalue weighted by Crippen LogP contribution is 2.22. The summed E-state index contributed by atoms with van der Waals surface area (Å²) in [7, 11) is 1.95. The number of para-hydroxylation sites is 1. The molecule has 0 aliphatic rings. The van der Waals surface area contributed by atoms with Crippen LogP contribution in [-0.2, 0) is 11.3 Å². The van der Waals surface area contributed by atoms with Crippen molar-refractivity contribution in [2.45, 2.75) is 32.9 Å². The predicted octanol–water partition coefficient (Wildman–Crippen LogP) is 2.64. The third-order valence-corrected chi connectivity index (χ3v) is 4.20. The van der Waals surface area contributed by atoms with Crippen LogP contribution in [0.15, 0.2) is 24.3 Å². The van der Waals surface area contributed by atoms with E-state index in [1.165, 1.54) is 4.70 Å². The molecular formula is C15H21N3OS. The van der Waals surface area contributed by atoms with E-state index in [0.29, 0.717) is 13.1 Å². The standard InChI is InChI=1S/C15H21N3OS/c1-4-11(2)16-14(19)9-18(3)10-15-17-12-7-5-6-8-13(12)20-15/h5-8,11H,4,9-10H2,1-3H3,(H,16,19)/t11-/m1/s1. The maximum Gasteiger partial charge on any atom is 0.234 e. The predicted molar refractivity (Wildman–Crippen MR) is 83.8 cm³/mol. The van der Waals surface area contributed by atoms with Crippen molar-refractivity contribution in [1.82, 2.24) is 15.2 Å². The fourth-order valence-corrected chi connectivity index (χ4v) is 2.99. The van der Waals surface area contributed by atoms with Crippen LogP contribution in [-0.4, -0.2) is 35.4 Å². The monoisotopic (exact) mass is 291 g/mol. The van der Waals surface area contributed by atoms with Crippen molar-refractivity contribution in [3.05, 3.63) is 29.3 Å². The molecule has 5 heteroatoms. The first-order valence-electron chi connectivity index (χ1n) is 6.91. The largest absolute Gasteiger partial charge is 0.353 e. The minimum atomic E-state index is 0.0722. The second-order valence-electron chi connectivity index (χ2n) is 5.12. The molecule has 0 unspecified atom stereocenters. The SMILES string of the molecule is CC[C@@H](C)NC(=O)CN(C)Cc1nc2ccccc2s1. The Kier molecular flexibility index (Phi) is 5.09. The van der Waals surface area contributed by atoms with Crippen molar-refractivity contribution in [3.8, 4) is 0 Å². The van der Waals surface area contributed by atoms with Crippen molar-refractivity contribution >= 4 is 27.5 Å². The van der Waals surface area contributed by atoms with Gasteiger partial charge in [-0.3, -0.25) is 9.69 Å². The number of nitrogens with zero attached hydrogens (tertiary/aromatic N) is 2. The molecule has 0 aliphatic heterocycles. The average molecular weight is 291 g/mol. The molecule has 0 fully saturated rings. The highest BCUT2D eigenvalue weighted by atomic mass is 32.1. The maximum absolute atomic E-state index is 11.8. The lowest BCUT2D eigenvalue weighted by Gasteiger charge is -2.17. The number of carbonyl (C=O) groups excluding carboxylic acids is 1. The molecule has 0 spiro atoms. The van der Waals surface area contributed by atoms with Gasteiger partial charge < -0.3 is 5.32 Å². The van der Waals surface area contributed by atoms with E-state index in [0.717, 1.165) is 16.9 Å². The van der Waals surface area contributed by atoms with Crippen molar-refractivity contribution in [2.24, 2.45) is 0 Å². The number of nitrogens with one attached hydrogen (secondary N) is 1. The van der Waals surface area contributed by atoms with Crippen LogP contribution >= 0.6 is 11.3 Å². The summed E-state index contributed by atoms with van der Waals surface area (Å²) in [5.74, 6) is 0.0722. The summed E-state index contributed by atoms with van der Waals surface area (Å²) in [5.41, 5.74) is 1.03. The molecular weight excluding hydrogens is 270 g/mol. The Labute approximate surface area is 123 Å². The van der Waals surface area contributed by atoms with Crippen molar-refractivity contribution in [3.63, 3.8) is 0 Å². The van der Waals surface area contributed by atoms with Crippen LogP contribution in [0, 0.1) is 0 Å². The van der Waals surface area contributed by atoms with Crippen LogP contribution in [0.5, 0.6) is 0 Å². The van der Waals surface area contributed by atoms with Gasteiger partial charge in [0.25, 0.3) is 0 Å². The summed E-state index contributed by atoms with van der Waals surface area (Å²) in [4.78, 5) is 18.4. The lowest BCUT2D eigenvalue weighted by atomic mass is 10.2. The van der Waals surface area contributed by atoms with Crippen molar-refractivity contribution in [1.29, 1.82) is 0 Å². The van der Waals surface area contributed by atoms with E-state index in [2.05, 4.69) is 23.3 Å². The van der Waals surface area contributed by atoms with Gasteiger partial charge in [-0.2, -0.15) is 0 Å². The van der Waals surface area contributed by atoms with Gasteiger partial charge in [-0.1, -0.05) is 19.1 Å². The van der Waals surface area contributed by atoms with E-state index in [1.807, 2.05) is 37.1 Å². The van der Waals surface area contributed by atoms with E-state index in [1.54, 1.807) is 11.3 Å². The molecule has 1 atom stereocenters. The molecule has 2 rings (SSSR count). The van der Waals surface area contributed by atoms with Gasteiger partial charge in [0, 0.05) is 6.04 Å². The molecule has 1 N–H and O–H groups in total. The van der Waals surface area contributed by atoms with Gasteiger partial charge in [0.15, 0.2) is 0 Å². The number of amides is 1. The zero-order valence-electron chi connectivity index (χ0n) is 12.2. The number of hydrogen-bond donors (Lipinski definition) is 1. The lowest BCUT2D eigenvalue weighted by molar-refractivity contribution is -0.122. The third kappa shape index (κ3) is 4.02. The topological polar surface area (TPSA) is 45.2 Å². The van der Waals surface area contributed by atoms with Crippen molar-refractivity contribution in [2.75, 3.05) is 13.6 Å². The molecule has 20 heavy (non-hydrogen) atoms. The first-order chi connectivity index (χ1) is 9.58. The number of hydrogen-bond acceptors (Lipinski definition) is 4. The Balaban J connectivity index is 1.90. The molecule has 0 aliphatic carbocycles.